The van der Waals surface area contributed by atoms with Gasteiger partial charge >= 0.3 is 0 Å². The van der Waals surface area contributed by atoms with Crippen LogP contribution in [0.15, 0.2) is 54.9 Å². The third kappa shape index (κ3) is 3.95. The molecule has 2 aliphatic rings. The first-order valence-corrected chi connectivity index (χ1v) is 10.9. The molecule has 6 nitrogen and oxygen atoms in total. The van der Waals surface area contributed by atoms with Crippen LogP contribution >= 0.6 is 0 Å². The molecule has 1 aromatic heterocycles. The Balaban J connectivity index is 1.15. The molecule has 1 N–H and O–H groups in total. The monoisotopic (exact) mass is 401 g/mol. The second-order valence-electron chi connectivity index (χ2n) is 8.27. The summed E-state index contributed by atoms with van der Waals surface area (Å²) in [4.78, 5) is 14.8. The summed E-state index contributed by atoms with van der Waals surface area (Å²) < 4.78 is 2.14. The molecule has 6 heteroatoms. The molecule has 3 aromatic rings. The highest BCUT2D eigenvalue weighted by Gasteiger charge is 2.21. The minimum atomic E-state index is 0.0672. The molecule has 2 aromatic carbocycles. The van der Waals surface area contributed by atoms with E-state index >= 15 is 0 Å². The average molecular weight is 402 g/mol. The number of nitrogens with one attached hydrogen (secondary N) is 1. The molecule has 0 spiro atoms. The number of para-hydroxylation sites is 1. The van der Waals surface area contributed by atoms with Crippen LogP contribution in [0.25, 0.3) is 0 Å². The van der Waals surface area contributed by atoms with Crippen molar-refractivity contribution in [1.29, 1.82) is 0 Å². The lowest BCUT2D eigenvalue weighted by Crippen LogP contribution is -2.32. The molecule has 30 heavy (non-hydrogen) atoms. The fourth-order valence-electron chi connectivity index (χ4n) is 4.67. The highest BCUT2D eigenvalue weighted by Crippen LogP contribution is 2.29. The number of amides is 1. The lowest BCUT2D eigenvalue weighted by Gasteiger charge is -2.31. The Morgan fingerprint density at radius 3 is 2.87 bits per heavy atom. The molecule has 0 aliphatic carbocycles. The van der Waals surface area contributed by atoms with E-state index in [-0.39, 0.29) is 5.91 Å². The maximum absolute atomic E-state index is 12.5. The summed E-state index contributed by atoms with van der Waals surface area (Å²) in [5.74, 6) is 1.61. The van der Waals surface area contributed by atoms with E-state index in [2.05, 4.69) is 61.4 Å². The molecule has 154 valence electrons. The van der Waals surface area contributed by atoms with Crippen molar-refractivity contribution in [2.24, 2.45) is 0 Å². The zero-order chi connectivity index (χ0) is 20.3. The predicted octanol–water partition coefficient (Wildman–Crippen LogP) is 3.79. The van der Waals surface area contributed by atoms with Crippen LogP contribution in [0.2, 0.25) is 0 Å². The van der Waals surface area contributed by atoms with Gasteiger partial charge in [0, 0.05) is 49.8 Å². The number of aromatic nitrogens is 3. The molecule has 0 bridgehead atoms. The van der Waals surface area contributed by atoms with Crippen molar-refractivity contribution in [3.05, 3.63) is 71.8 Å². The van der Waals surface area contributed by atoms with E-state index in [1.807, 2.05) is 18.5 Å². The SMILES string of the molecule is O=C(CCN1CCCc2ccccc21)Nc1ccc(C2CCc3nncn3C2)cc1. The lowest BCUT2D eigenvalue weighted by molar-refractivity contribution is -0.116. The van der Waals surface area contributed by atoms with E-state index in [0.29, 0.717) is 12.3 Å². The summed E-state index contributed by atoms with van der Waals surface area (Å²) in [7, 11) is 0. The molecule has 0 radical (unpaired) electrons. The largest absolute Gasteiger partial charge is 0.371 e. The Morgan fingerprint density at radius 1 is 1.10 bits per heavy atom. The van der Waals surface area contributed by atoms with Gasteiger partial charge in [0.25, 0.3) is 0 Å². The Labute approximate surface area is 176 Å². The fourth-order valence-corrected chi connectivity index (χ4v) is 4.67. The molecule has 1 atom stereocenters. The summed E-state index contributed by atoms with van der Waals surface area (Å²) in [6.45, 7) is 2.70. The molecular weight excluding hydrogens is 374 g/mol. The van der Waals surface area contributed by atoms with Crippen LogP contribution < -0.4 is 10.2 Å². The zero-order valence-corrected chi connectivity index (χ0v) is 17.1. The van der Waals surface area contributed by atoms with E-state index in [9.17, 15) is 4.79 Å². The van der Waals surface area contributed by atoms with Gasteiger partial charge in [-0.05, 0) is 48.6 Å². The van der Waals surface area contributed by atoms with E-state index in [0.717, 1.165) is 56.8 Å². The number of aryl methyl sites for hydroxylation is 2. The van der Waals surface area contributed by atoms with Crippen LogP contribution in [-0.2, 0) is 24.2 Å². The third-order valence-corrected chi connectivity index (χ3v) is 6.31. The topological polar surface area (TPSA) is 63.1 Å². The number of anilines is 2. The van der Waals surface area contributed by atoms with E-state index in [4.69, 9.17) is 0 Å². The van der Waals surface area contributed by atoms with E-state index in [1.54, 1.807) is 0 Å². The first-order valence-electron chi connectivity index (χ1n) is 10.9. The van der Waals surface area contributed by atoms with Crippen molar-refractivity contribution in [3.8, 4) is 0 Å². The zero-order valence-electron chi connectivity index (χ0n) is 17.1. The van der Waals surface area contributed by atoms with Gasteiger partial charge in [0.2, 0.25) is 5.91 Å². The fraction of sp³-hybridized carbons (Fsp3) is 0.375. The highest BCUT2D eigenvalue weighted by atomic mass is 16.1. The first-order chi connectivity index (χ1) is 14.8. The predicted molar refractivity (Wildman–Crippen MR) is 118 cm³/mol. The second kappa shape index (κ2) is 8.30. The molecule has 0 saturated heterocycles. The molecular formula is C24H27N5O. The minimum absolute atomic E-state index is 0.0672. The smallest absolute Gasteiger partial charge is 0.226 e. The standard InChI is InChI=1S/C24H27N5O/c30-24(13-15-28-14-3-5-19-4-1-2-6-22(19)28)26-21-10-7-18(8-11-21)20-9-12-23-27-25-17-29(23)16-20/h1-2,4,6-8,10-11,17,20H,3,5,9,12-16H2,(H,26,30). The lowest BCUT2D eigenvalue weighted by atomic mass is 9.91. The third-order valence-electron chi connectivity index (χ3n) is 6.31. The van der Waals surface area contributed by atoms with E-state index < -0.39 is 0 Å². The molecule has 0 saturated carbocycles. The van der Waals surface area contributed by atoms with Crippen molar-refractivity contribution >= 4 is 17.3 Å². The van der Waals surface area contributed by atoms with Crippen LogP contribution in [0.4, 0.5) is 11.4 Å². The van der Waals surface area contributed by atoms with Crippen molar-refractivity contribution in [2.45, 2.75) is 44.6 Å². The normalized spacial score (nSPS) is 17.9. The Bertz CT molecular complexity index is 1030. The van der Waals surface area contributed by atoms with Gasteiger partial charge in [0.1, 0.15) is 12.2 Å². The summed E-state index contributed by atoms with van der Waals surface area (Å²) in [5.41, 5.74) is 4.84. The minimum Gasteiger partial charge on any atom is -0.371 e. The van der Waals surface area contributed by atoms with Crippen molar-refractivity contribution in [3.63, 3.8) is 0 Å². The number of nitrogens with zero attached hydrogens (tertiary/aromatic N) is 4. The number of hydrogen-bond donors (Lipinski definition) is 1. The second-order valence-corrected chi connectivity index (χ2v) is 8.27. The summed E-state index contributed by atoms with van der Waals surface area (Å²) in [6, 6.07) is 16.8. The molecule has 5 rings (SSSR count). The van der Waals surface area contributed by atoms with Gasteiger partial charge in [0.05, 0.1) is 0 Å². The number of carbonyl (C=O) groups is 1. The van der Waals surface area contributed by atoms with Gasteiger partial charge in [-0.2, -0.15) is 0 Å². The van der Waals surface area contributed by atoms with Gasteiger partial charge in [-0.1, -0.05) is 30.3 Å². The van der Waals surface area contributed by atoms with Gasteiger partial charge in [-0.15, -0.1) is 10.2 Å². The molecule has 1 amide bonds. The Morgan fingerprint density at radius 2 is 1.97 bits per heavy atom. The molecule has 0 fully saturated rings. The average Bonchev–Trinajstić information content (AvgIpc) is 3.26. The molecule has 2 aliphatic heterocycles. The number of rotatable bonds is 5. The Kier molecular flexibility index (Phi) is 5.22. The number of hydrogen-bond acceptors (Lipinski definition) is 4. The number of benzene rings is 2. The van der Waals surface area contributed by atoms with Crippen LogP contribution in [0.5, 0.6) is 0 Å². The summed E-state index contributed by atoms with van der Waals surface area (Å²) in [5, 5.41) is 11.2. The number of fused-ring (bicyclic) bond motifs is 2. The number of carbonyl (C=O) groups excluding carboxylic acids is 1. The summed E-state index contributed by atoms with van der Waals surface area (Å²) in [6.07, 6.45) is 6.64. The van der Waals surface area contributed by atoms with Crippen LogP contribution in [0.1, 0.15) is 42.1 Å². The van der Waals surface area contributed by atoms with Crippen molar-refractivity contribution in [2.75, 3.05) is 23.3 Å². The van der Waals surface area contributed by atoms with Gasteiger partial charge < -0.3 is 14.8 Å². The van der Waals surface area contributed by atoms with Crippen molar-refractivity contribution < 1.29 is 4.79 Å². The van der Waals surface area contributed by atoms with Gasteiger partial charge in [-0.3, -0.25) is 4.79 Å². The van der Waals surface area contributed by atoms with Crippen LogP contribution in [0, 0.1) is 0 Å². The quantitative estimate of drug-likeness (QED) is 0.707. The Hall–Kier alpha value is -3.15. The molecule has 3 heterocycles. The van der Waals surface area contributed by atoms with Crippen molar-refractivity contribution in [1.82, 2.24) is 14.8 Å². The highest BCUT2D eigenvalue weighted by molar-refractivity contribution is 5.91. The molecule has 1 unspecified atom stereocenters. The van der Waals surface area contributed by atoms with Crippen LogP contribution in [0.3, 0.4) is 0 Å². The van der Waals surface area contributed by atoms with Crippen LogP contribution in [-0.4, -0.2) is 33.8 Å². The first kappa shape index (κ1) is 18.9. The maximum atomic E-state index is 12.5. The van der Waals surface area contributed by atoms with E-state index in [1.165, 1.54) is 16.8 Å². The van der Waals surface area contributed by atoms with Gasteiger partial charge in [0.15, 0.2) is 0 Å². The van der Waals surface area contributed by atoms with Gasteiger partial charge in [-0.25, -0.2) is 0 Å². The maximum Gasteiger partial charge on any atom is 0.226 e. The summed E-state index contributed by atoms with van der Waals surface area (Å²) >= 11 is 0.